The van der Waals surface area contributed by atoms with E-state index < -0.39 is 6.04 Å². The summed E-state index contributed by atoms with van der Waals surface area (Å²) in [6.45, 7) is 8.82. The van der Waals surface area contributed by atoms with Crippen LogP contribution in [-0.4, -0.2) is 35.7 Å². The highest BCUT2D eigenvalue weighted by atomic mass is 32.1. The lowest BCUT2D eigenvalue weighted by molar-refractivity contribution is -0.114. The monoisotopic (exact) mass is 529 g/mol. The van der Waals surface area contributed by atoms with E-state index >= 15 is 0 Å². The topological polar surface area (TPSA) is 74.8 Å². The zero-order valence-corrected chi connectivity index (χ0v) is 23.3. The van der Waals surface area contributed by atoms with Crippen LogP contribution in [0.1, 0.15) is 42.4 Å². The number of hydrogen-bond acceptors (Lipinski definition) is 6. The molecule has 1 aliphatic heterocycles. The number of Topliss-reactive ketones (excluding diaryl/α,β-unsaturated/α-hetero) is 1. The van der Waals surface area contributed by atoms with E-state index in [-0.39, 0.29) is 11.3 Å². The van der Waals surface area contributed by atoms with Crippen LogP contribution in [0, 0.1) is 13.8 Å². The van der Waals surface area contributed by atoms with Gasteiger partial charge in [0.05, 0.1) is 24.3 Å². The van der Waals surface area contributed by atoms with Gasteiger partial charge < -0.3 is 14.0 Å². The number of aromatic nitrogens is 2. The van der Waals surface area contributed by atoms with E-state index in [0.717, 1.165) is 39.8 Å². The lowest BCUT2D eigenvalue weighted by Crippen LogP contribution is -2.39. The Balaban J connectivity index is 1.79. The molecule has 38 heavy (non-hydrogen) atoms. The van der Waals surface area contributed by atoms with Gasteiger partial charge in [-0.1, -0.05) is 41.7 Å². The van der Waals surface area contributed by atoms with Gasteiger partial charge in [-0.25, -0.2) is 4.99 Å². The summed E-state index contributed by atoms with van der Waals surface area (Å²) < 4.78 is 15.5. The fourth-order valence-corrected chi connectivity index (χ4v) is 6.46. The molecule has 0 amide bonds. The molecule has 0 bridgehead atoms. The van der Waals surface area contributed by atoms with Crippen LogP contribution in [0.3, 0.4) is 0 Å². The third-order valence-corrected chi connectivity index (χ3v) is 8.23. The van der Waals surface area contributed by atoms with E-state index in [0.29, 0.717) is 33.0 Å². The molecule has 0 spiro atoms. The van der Waals surface area contributed by atoms with Crippen molar-refractivity contribution in [3.05, 3.63) is 95.9 Å². The first-order valence-corrected chi connectivity index (χ1v) is 13.3. The molecule has 8 heteroatoms. The molecule has 0 aliphatic carbocycles. The standard InChI is InChI=1S/C30H31N3O4S/c1-17-15-22(19(3)32(17)13-14-36-5)16-25-29(35)33-28(26(20(4)34)18(2)31-30(33)38-25)27-23-10-8-7-9-21(23)11-12-24(27)37-6/h7-12,15-16,28H,13-14H2,1-6H3/t28-/m1/s1. The van der Waals surface area contributed by atoms with Gasteiger partial charge in [0.2, 0.25) is 0 Å². The Bertz CT molecular complexity index is 1790. The zero-order valence-electron chi connectivity index (χ0n) is 22.5. The van der Waals surface area contributed by atoms with Crippen LogP contribution in [0.15, 0.2) is 63.5 Å². The molecular formula is C30H31N3O4S. The quantitative estimate of drug-likeness (QED) is 0.362. The van der Waals surface area contributed by atoms with Crippen LogP contribution in [-0.2, 0) is 16.1 Å². The number of allylic oxidation sites excluding steroid dienone is 2. The number of ketones is 1. The third-order valence-electron chi connectivity index (χ3n) is 7.24. The second-order valence-corrected chi connectivity index (χ2v) is 10.5. The number of rotatable bonds is 7. The Hall–Kier alpha value is -3.75. The number of ether oxygens (including phenoxy) is 2. The Morgan fingerprint density at radius 2 is 1.89 bits per heavy atom. The van der Waals surface area contributed by atoms with Crippen LogP contribution in [0.25, 0.3) is 16.8 Å². The van der Waals surface area contributed by atoms with Crippen molar-refractivity contribution in [2.24, 2.45) is 4.99 Å². The van der Waals surface area contributed by atoms with E-state index in [1.807, 2.05) is 56.3 Å². The summed E-state index contributed by atoms with van der Waals surface area (Å²) in [5.74, 6) is 0.501. The molecule has 1 atom stereocenters. The van der Waals surface area contributed by atoms with Crippen molar-refractivity contribution >= 4 is 34.0 Å². The minimum atomic E-state index is -0.652. The van der Waals surface area contributed by atoms with Crippen LogP contribution in [0.5, 0.6) is 5.75 Å². The molecule has 0 saturated heterocycles. The first-order chi connectivity index (χ1) is 18.3. The number of hydrogen-bond donors (Lipinski definition) is 0. The summed E-state index contributed by atoms with van der Waals surface area (Å²) in [4.78, 5) is 32.4. The fourth-order valence-electron chi connectivity index (χ4n) is 5.42. The van der Waals surface area contributed by atoms with Crippen molar-refractivity contribution in [2.45, 2.75) is 40.3 Å². The van der Waals surface area contributed by atoms with E-state index in [2.05, 4.69) is 17.6 Å². The predicted molar refractivity (Wildman–Crippen MR) is 151 cm³/mol. The Morgan fingerprint density at radius 3 is 2.61 bits per heavy atom. The Morgan fingerprint density at radius 1 is 1.13 bits per heavy atom. The molecule has 4 aromatic rings. The average Bonchev–Trinajstić information content (AvgIpc) is 3.34. The zero-order chi connectivity index (χ0) is 27.1. The first kappa shape index (κ1) is 25.9. The molecule has 0 fully saturated rings. The molecule has 3 heterocycles. The summed E-state index contributed by atoms with van der Waals surface area (Å²) in [7, 11) is 3.30. The number of fused-ring (bicyclic) bond motifs is 2. The van der Waals surface area contributed by atoms with Gasteiger partial charge in [-0.2, -0.15) is 0 Å². The minimum absolute atomic E-state index is 0.123. The Labute approximate surface area is 225 Å². The first-order valence-electron chi connectivity index (χ1n) is 12.5. The maximum Gasteiger partial charge on any atom is 0.271 e. The van der Waals surface area contributed by atoms with Gasteiger partial charge in [-0.3, -0.25) is 14.2 Å². The highest BCUT2D eigenvalue weighted by molar-refractivity contribution is 7.07. The molecular weight excluding hydrogens is 498 g/mol. The van der Waals surface area contributed by atoms with Crippen LogP contribution >= 0.6 is 11.3 Å². The fraction of sp³-hybridized carbons (Fsp3) is 0.300. The van der Waals surface area contributed by atoms with Gasteiger partial charge in [0.15, 0.2) is 10.6 Å². The molecule has 196 valence electrons. The van der Waals surface area contributed by atoms with Gasteiger partial charge in [0, 0.05) is 41.9 Å². The van der Waals surface area contributed by atoms with Gasteiger partial charge >= 0.3 is 0 Å². The maximum atomic E-state index is 14.1. The second-order valence-electron chi connectivity index (χ2n) is 9.51. The SMILES string of the molecule is COCCn1c(C)cc(C=c2sc3n(c2=O)[C@@H](c2c(OC)ccc4ccccc24)C(C(C)=O)=C(C)N=3)c1C. The molecule has 7 nitrogen and oxygen atoms in total. The number of aryl methyl sites for hydroxylation is 1. The molecule has 0 saturated carbocycles. The summed E-state index contributed by atoms with van der Waals surface area (Å²) in [6, 6.07) is 13.3. The van der Waals surface area contributed by atoms with Gasteiger partial charge in [0.25, 0.3) is 5.56 Å². The normalized spacial score (nSPS) is 15.6. The third kappa shape index (κ3) is 4.23. The second kappa shape index (κ2) is 10.2. The van der Waals surface area contributed by atoms with E-state index in [4.69, 9.17) is 14.5 Å². The summed E-state index contributed by atoms with van der Waals surface area (Å²) >= 11 is 1.34. The average molecular weight is 530 g/mol. The lowest BCUT2D eigenvalue weighted by Gasteiger charge is -2.27. The van der Waals surface area contributed by atoms with Gasteiger partial charge in [-0.15, -0.1) is 0 Å². The van der Waals surface area contributed by atoms with Gasteiger partial charge in [-0.05, 0) is 62.2 Å². The molecule has 0 radical (unpaired) electrons. The molecule has 0 unspecified atom stereocenters. The van der Waals surface area contributed by atoms with Crippen molar-refractivity contribution in [2.75, 3.05) is 20.8 Å². The summed E-state index contributed by atoms with van der Waals surface area (Å²) in [6.07, 6.45) is 1.93. The number of methoxy groups -OCH3 is 2. The molecule has 2 aromatic heterocycles. The van der Waals surface area contributed by atoms with Crippen molar-refractivity contribution in [1.82, 2.24) is 9.13 Å². The smallest absolute Gasteiger partial charge is 0.271 e. The highest BCUT2D eigenvalue weighted by Crippen LogP contribution is 2.40. The number of carbonyl (C=O) groups is 1. The minimum Gasteiger partial charge on any atom is -0.496 e. The molecule has 5 rings (SSSR count). The Kier molecular flexibility index (Phi) is 6.94. The highest BCUT2D eigenvalue weighted by Gasteiger charge is 2.33. The number of thiazole rings is 1. The predicted octanol–water partition coefficient (Wildman–Crippen LogP) is 4.05. The van der Waals surface area contributed by atoms with Crippen LogP contribution in [0.4, 0.5) is 0 Å². The molecule has 1 aliphatic rings. The van der Waals surface area contributed by atoms with Crippen molar-refractivity contribution in [3.8, 4) is 5.75 Å². The van der Waals surface area contributed by atoms with Crippen molar-refractivity contribution in [3.63, 3.8) is 0 Å². The van der Waals surface area contributed by atoms with E-state index in [1.165, 1.54) is 18.3 Å². The summed E-state index contributed by atoms with van der Waals surface area (Å²) in [5.41, 5.74) is 4.87. The molecule has 0 N–H and O–H groups in total. The van der Waals surface area contributed by atoms with Crippen molar-refractivity contribution < 1.29 is 14.3 Å². The largest absolute Gasteiger partial charge is 0.496 e. The van der Waals surface area contributed by atoms with Crippen LogP contribution < -0.4 is 19.6 Å². The van der Waals surface area contributed by atoms with Crippen molar-refractivity contribution in [1.29, 1.82) is 0 Å². The summed E-state index contributed by atoms with van der Waals surface area (Å²) in [5, 5.41) is 1.94. The van der Waals surface area contributed by atoms with Gasteiger partial charge in [0.1, 0.15) is 5.75 Å². The van der Waals surface area contributed by atoms with E-state index in [1.54, 1.807) is 18.8 Å². The number of nitrogens with zero attached hydrogens (tertiary/aromatic N) is 3. The van der Waals surface area contributed by atoms with E-state index in [9.17, 15) is 9.59 Å². The molecule has 2 aromatic carbocycles. The van der Waals surface area contributed by atoms with Crippen LogP contribution in [0.2, 0.25) is 0 Å². The number of benzene rings is 2. The maximum absolute atomic E-state index is 14.1. The number of carbonyl (C=O) groups excluding carboxylic acids is 1. The lowest BCUT2D eigenvalue weighted by atomic mass is 9.89.